The maximum Gasteiger partial charge on any atom is 0.433 e. The largest absolute Gasteiger partial charge is 0.433 e. The van der Waals surface area contributed by atoms with E-state index in [1.165, 1.54) is 18.6 Å². The molecule has 206 valence electrons. The number of nitrogens with zero attached hydrogens (tertiary/aromatic N) is 6. The second-order valence-corrected chi connectivity index (χ2v) is 9.98. The molecule has 7 nitrogen and oxygen atoms in total. The number of imidazole rings is 1. The molecule has 0 saturated carbocycles. The highest BCUT2D eigenvalue weighted by atomic mass is 35.5. The third-order valence-corrected chi connectivity index (χ3v) is 7.45. The van der Waals surface area contributed by atoms with Gasteiger partial charge in [-0.25, -0.2) is 14.6 Å². The normalized spacial score (nSPS) is 13.4. The summed E-state index contributed by atoms with van der Waals surface area (Å²) in [5.41, 5.74) is 0.163. The molecule has 1 atom stereocenters. The molecule has 41 heavy (non-hydrogen) atoms. The molecule has 4 heterocycles. The molecule has 6 rings (SSSR count). The molecule has 6 aromatic rings. The molecule has 0 saturated heterocycles. The van der Waals surface area contributed by atoms with E-state index in [0.717, 1.165) is 23.4 Å². The van der Waals surface area contributed by atoms with Crippen LogP contribution in [-0.2, 0) is 25.2 Å². The number of benzene rings is 2. The van der Waals surface area contributed by atoms with Crippen LogP contribution < -0.4 is 0 Å². The smallest absolute Gasteiger partial charge is 0.374 e. The van der Waals surface area contributed by atoms with Crippen LogP contribution in [0.3, 0.4) is 0 Å². The van der Waals surface area contributed by atoms with E-state index in [1.54, 1.807) is 53.0 Å². The van der Waals surface area contributed by atoms with Crippen LogP contribution in [0.2, 0.25) is 5.02 Å². The monoisotopic (exact) mass is 574 g/mol. The van der Waals surface area contributed by atoms with E-state index >= 15 is 0 Å². The summed E-state index contributed by atoms with van der Waals surface area (Å²) in [6.07, 6.45) is 3.28. The number of hydrogen-bond acceptors (Lipinski definition) is 5. The van der Waals surface area contributed by atoms with E-state index in [2.05, 4.69) is 15.1 Å². The highest BCUT2D eigenvalue weighted by Gasteiger charge is 2.39. The summed E-state index contributed by atoms with van der Waals surface area (Å²) in [4.78, 5) is 12.6. The number of aliphatic hydroxyl groups is 1. The molecule has 0 aliphatic heterocycles. The number of hydrogen-bond donors (Lipinski definition) is 1. The van der Waals surface area contributed by atoms with E-state index < -0.39 is 17.5 Å². The van der Waals surface area contributed by atoms with Crippen molar-refractivity contribution in [3.63, 3.8) is 0 Å². The first-order valence-corrected chi connectivity index (χ1v) is 12.9. The van der Waals surface area contributed by atoms with Gasteiger partial charge < -0.3 is 9.67 Å². The number of pyridine rings is 2. The second kappa shape index (κ2) is 10.1. The molecule has 4 aromatic heterocycles. The van der Waals surface area contributed by atoms with Crippen molar-refractivity contribution in [2.45, 2.75) is 18.2 Å². The number of aromatic nitrogens is 6. The number of halogens is 4. The van der Waals surface area contributed by atoms with Gasteiger partial charge in [0.25, 0.3) is 0 Å². The second-order valence-electron chi connectivity index (χ2n) is 9.60. The summed E-state index contributed by atoms with van der Waals surface area (Å²) < 4.78 is 43.0. The number of aryl methyl sites for hydroxylation is 1. The summed E-state index contributed by atoms with van der Waals surface area (Å²) >= 11 is 7.09. The van der Waals surface area contributed by atoms with Crippen LogP contribution in [0.5, 0.6) is 0 Å². The Balaban J connectivity index is 1.56. The van der Waals surface area contributed by atoms with Gasteiger partial charge in [-0.1, -0.05) is 54.1 Å². The zero-order valence-electron chi connectivity index (χ0n) is 21.6. The van der Waals surface area contributed by atoms with Crippen molar-refractivity contribution in [2.24, 2.45) is 7.05 Å². The van der Waals surface area contributed by atoms with Gasteiger partial charge in [-0.05, 0) is 35.4 Å². The molecular formula is C30H22ClF3N6O. The van der Waals surface area contributed by atoms with Gasteiger partial charge in [0.05, 0.1) is 28.8 Å². The minimum absolute atomic E-state index is 0.134. The van der Waals surface area contributed by atoms with Crippen LogP contribution in [-0.4, -0.2) is 34.4 Å². The molecule has 11 heteroatoms. The van der Waals surface area contributed by atoms with Crippen molar-refractivity contribution in [2.75, 3.05) is 0 Å². The van der Waals surface area contributed by atoms with Crippen molar-refractivity contribution in [1.29, 1.82) is 0 Å². The van der Waals surface area contributed by atoms with Gasteiger partial charge in [-0.15, -0.1) is 0 Å². The minimum atomic E-state index is -4.62. The summed E-state index contributed by atoms with van der Waals surface area (Å²) in [7, 11) is 1.69. The average Bonchev–Trinajstić information content (AvgIpc) is 3.66. The number of alkyl halides is 3. The number of fused-ring (bicyclic) bond motifs is 1. The summed E-state index contributed by atoms with van der Waals surface area (Å²) in [5, 5.41) is 17.6. The van der Waals surface area contributed by atoms with Crippen molar-refractivity contribution in [1.82, 2.24) is 29.3 Å². The average molecular weight is 575 g/mol. The lowest BCUT2D eigenvalue weighted by Gasteiger charge is -2.30. The fourth-order valence-corrected chi connectivity index (χ4v) is 5.26. The Morgan fingerprint density at radius 3 is 2.37 bits per heavy atom. The Hall–Kier alpha value is -4.54. The minimum Gasteiger partial charge on any atom is -0.374 e. The summed E-state index contributed by atoms with van der Waals surface area (Å²) in [6.45, 7) is 0. The van der Waals surface area contributed by atoms with Crippen molar-refractivity contribution in [3.05, 3.63) is 137 Å². The van der Waals surface area contributed by atoms with E-state index in [1.807, 2.05) is 30.3 Å². The highest BCUT2D eigenvalue weighted by molar-refractivity contribution is 6.36. The Kier molecular flexibility index (Phi) is 6.59. The molecular weight excluding hydrogens is 553 g/mol. The maximum absolute atomic E-state index is 13.3. The Labute approximate surface area is 237 Å². The van der Waals surface area contributed by atoms with Gasteiger partial charge in [0.1, 0.15) is 5.69 Å². The van der Waals surface area contributed by atoms with E-state index in [9.17, 15) is 18.3 Å². The predicted octanol–water partition coefficient (Wildman–Crippen LogP) is 6.10. The van der Waals surface area contributed by atoms with Crippen LogP contribution in [0.15, 0.2) is 97.8 Å². The Morgan fingerprint density at radius 2 is 1.73 bits per heavy atom. The van der Waals surface area contributed by atoms with E-state index in [4.69, 9.17) is 16.6 Å². The first kappa shape index (κ1) is 26.7. The predicted molar refractivity (Wildman–Crippen MR) is 148 cm³/mol. The zero-order chi connectivity index (χ0) is 28.8. The van der Waals surface area contributed by atoms with E-state index in [-0.39, 0.29) is 5.56 Å². The SMILES string of the molecule is Cn1cncc1C(O)(c1ccc(C(F)(F)F)nc1)c1ccc2nc(-n3cccn3)c(Cc3ccccc3)c(Cl)c2c1. The first-order valence-electron chi connectivity index (χ1n) is 12.6. The van der Waals surface area contributed by atoms with Gasteiger partial charge in [-0.2, -0.15) is 18.3 Å². The lowest BCUT2D eigenvalue weighted by atomic mass is 9.83. The van der Waals surface area contributed by atoms with Gasteiger partial charge >= 0.3 is 6.18 Å². The van der Waals surface area contributed by atoms with Crippen molar-refractivity contribution >= 4 is 22.5 Å². The fraction of sp³-hybridized carbons (Fsp3) is 0.133. The summed E-state index contributed by atoms with van der Waals surface area (Å²) in [5.74, 6) is 0.568. The van der Waals surface area contributed by atoms with Gasteiger partial charge in [0, 0.05) is 48.6 Å². The molecule has 1 unspecified atom stereocenters. The quantitative estimate of drug-likeness (QED) is 0.260. The Bertz CT molecular complexity index is 1840. The van der Waals surface area contributed by atoms with Crippen molar-refractivity contribution < 1.29 is 18.3 Å². The molecule has 2 aromatic carbocycles. The molecule has 0 spiro atoms. The van der Waals surface area contributed by atoms with Crippen LogP contribution >= 0.6 is 11.6 Å². The molecule has 0 radical (unpaired) electrons. The third kappa shape index (κ3) is 4.75. The molecule has 0 amide bonds. The lowest BCUT2D eigenvalue weighted by Crippen LogP contribution is -2.31. The standard InChI is InChI=1S/C30H22ClF3N6O/c1-39-18-35-17-26(39)29(41,21-9-11-25(36-16-21)30(32,33)34)20-8-10-24-22(15-20)27(31)23(14-19-6-3-2-4-7-19)28(38-24)40-13-5-12-37-40/h2-13,15-18,41H,14H2,1H3. The first-order chi connectivity index (χ1) is 19.7. The van der Waals surface area contributed by atoms with Gasteiger partial charge in [0.2, 0.25) is 0 Å². The molecule has 0 aliphatic carbocycles. The topological polar surface area (TPSA) is 81.6 Å². The highest BCUT2D eigenvalue weighted by Crippen LogP contribution is 2.40. The van der Waals surface area contributed by atoms with Gasteiger partial charge in [-0.3, -0.25) is 4.98 Å². The Morgan fingerprint density at radius 1 is 0.951 bits per heavy atom. The van der Waals surface area contributed by atoms with E-state index in [0.29, 0.717) is 39.4 Å². The van der Waals surface area contributed by atoms with Crippen LogP contribution in [0.25, 0.3) is 16.7 Å². The molecule has 1 N–H and O–H groups in total. The fourth-order valence-electron chi connectivity index (χ4n) is 4.96. The third-order valence-electron chi connectivity index (χ3n) is 7.02. The number of rotatable bonds is 6. The lowest BCUT2D eigenvalue weighted by molar-refractivity contribution is -0.141. The molecule has 0 aliphatic rings. The molecule has 0 fully saturated rings. The maximum atomic E-state index is 13.3. The van der Waals surface area contributed by atoms with Crippen molar-refractivity contribution in [3.8, 4) is 5.82 Å². The van der Waals surface area contributed by atoms with Crippen LogP contribution in [0, 0.1) is 0 Å². The van der Waals surface area contributed by atoms with Crippen LogP contribution in [0.4, 0.5) is 13.2 Å². The van der Waals surface area contributed by atoms with Crippen LogP contribution in [0.1, 0.15) is 33.6 Å². The molecule has 0 bridgehead atoms. The zero-order valence-corrected chi connectivity index (χ0v) is 22.3. The van der Waals surface area contributed by atoms with Gasteiger partial charge in [0.15, 0.2) is 11.4 Å². The summed E-state index contributed by atoms with van der Waals surface area (Å²) in [6, 6.07) is 18.7.